The number of carboxylic acid groups (broad SMARTS) is 1. The van der Waals surface area contributed by atoms with Crippen molar-refractivity contribution in [2.24, 2.45) is 5.92 Å². The third kappa shape index (κ3) is 4.31. The predicted octanol–water partition coefficient (Wildman–Crippen LogP) is 3.19. The molecule has 1 aromatic carbocycles. The SMILES string of the molecule is O=C(O)CC(NC(=O)c1cc(Br)cc(Br)c1)C1CC1. The molecular weight excluding hydrogens is 378 g/mol. The van der Waals surface area contributed by atoms with Crippen molar-refractivity contribution < 1.29 is 14.7 Å². The van der Waals surface area contributed by atoms with Gasteiger partial charge in [-0.3, -0.25) is 9.59 Å². The molecule has 1 aliphatic carbocycles. The fraction of sp³-hybridized carbons (Fsp3) is 0.385. The zero-order valence-electron chi connectivity index (χ0n) is 10.0. The number of rotatable bonds is 5. The van der Waals surface area contributed by atoms with E-state index in [-0.39, 0.29) is 18.4 Å². The van der Waals surface area contributed by atoms with Crippen LogP contribution >= 0.6 is 31.9 Å². The van der Waals surface area contributed by atoms with Gasteiger partial charge in [-0.25, -0.2) is 0 Å². The fourth-order valence-electron chi connectivity index (χ4n) is 1.96. The lowest BCUT2D eigenvalue weighted by Gasteiger charge is -2.16. The van der Waals surface area contributed by atoms with E-state index >= 15 is 0 Å². The van der Waals surface area contributed by atoms with Crippen molar-refractivity contribution >= 4 is 43.7 Å². The topological polar surface area (TPSA) is 66.4 Å². The maximum Gasteiger partial charge on any atom is 0.305 e. The third-order valence-electron chi connectivity index (χ3n) is 3.03. The second kappa shape index (κ2) is 6.05. The average Bonchev–Trinajstić information content (AvgIpc) is 3.09. The van der Waals surface area contributed by atoms with E-state index in [0.717, 1.165) is 21.8 Å². The molecule has 0 radical (unpaired) electrons. The van der Waals surface area contributed by atoms with Crippen molar-refractivity contribution in [2.45, 2.75) is 25.3 Å². The lowest BCUT2D eigenvalue weighted by Crippen LogP contribution is -2.38. The summed E-state index contributed by atoms with van der Waals surface area (Å²) in [5.41, 5.74) is 0.511. The molecular formula is C13H13Br2NO3. The van der Waals surface area contributed by atoms with Gasteiger partial charge in [0.25, 0.3) is 5.91 Å². The van der Waals surface area contributed by atoms with Crippen LogP contribution in [0.15, 0.2) is 27.1 Å². The van der Waals surface area contributed by atoms with Crippen molar-refractivity contribution in [3.05, 3.63) is 32.7 Å². The lowest BCUT2D eigenvalue weighted by molar-refractivity contribution is -0.137. The lowest BCUT2D eigenvalue weighted by atomic mass is 10.1. The van der Waals surface area contributed by atoms with Crippen LogP contribution in [0.25, 0.3) is 0 Å². The van der Waals surface area contributed by atoms with Crippen molar-refractivity contribution in [1.29, 1.82) is 0 Å². The number of carboxylic acids is 1. The van der Waals surface area contributed by atoms with Gasteiger partial charge in [0.05, 0.1) is 6.42 Å². The van der Waals surface area contributed by atoms with Gasteiger partial charge < -0.3 is 10.4 Å². The summed E-state index contributed by atoms with van der Waals surface area (Å²) < 4.78 is 1.60. The summed E-state index contributed by atoms with van der Waals surface area (Å²) in [6.07, 6.45) is 1.95. The summed E-state index contributed by atoms with van der Waals surface area (Å²) in [7, 11) is 0. The molecule has 6 heteroatoms. The normalized spacial score (nSPS) is 15.9. The summed E-state index contributed by atoms with van der Waals surface area (Å²) in [6, 6.07) is 4.99. The Bertz CT molecular complexity index is 494. The molecule has 1 aliphatic rings. The highest BCUT2D eigenvalue weighted by Gasteiger charge is 2.33. The Balaban J connectivity index is 2.07. The molecule has 4 nitrogen and oxygen atoms in total. The average molecular weight is 391 g/mol. The Kier molecular flexibility index (Phi) is 4.62. The number of halogens is 2. The van der Waals surface area contributed by atoms with E-state index in [1.165, 1.54) is 0 Å². The largest absolute Gasteiger partial charge is 0.481 e. The van der Waals surface area contributed by atoms with Gasteiger partial charge in [-0.15, -0.1) is 0 Å². The predicted molar refractivity (Wildman–Crippen MR) is 78.1 cm³/mol. The first kappa shape index (κ1) is 14.5. The number of hydrogen-bond donors (Lipinski definition) is 2. The Labute approximate surface area is 127 Å². The summed E-state index contributed by atoms with van der Waals surface area (Å²) in [5.74, 6) is -0.816. The van der Waals surface area contributed by atoms with E-state index in [1.807, 2.05) is 6.07 Å². The molecule has 2 N–H and O–H groups in total. The first-order chi connectivity index (χ1) is 8.95. The standard InChI is InChI=1S/C13H13Br2NO3/c14-9-3-8(4-10(15)5-9)13(19)16-11(6-12(17)18)7-1-2-7/h3-5,7,11H,1-2,6H2,(H,16,19)(H,17,18). The molecule has 0 saturated heterocycles. The number of amides is 1. The molecule has 19 heavy (non-hydrogen) atoms. The molecule has 102 valence electrons. The van der Waals surface area contributed by atoms with Gasteiger partial charge in [-0.2, -0.15) is 0 Å². The molecule has 0 heterocycles. The van der Waals surface area contributed by atoms with Crippen molar-refractivity contribution in [1.82, 2.24) is 5.32 Å². The molecule has 1 atom stereocenters. The number of nitrogens with one attached hydrogen (secondary N) is 1. The fourth-order valence-corrected chi connectivity index (χ4v) is 3.25. The molecule has 1 saturated carbocycles. The molecule has 1 aromatic rings. The number of carbonyl (C=O) groups is 2. The van der Waals surface area contributed by atoms with E-state index in [0.29, 0.717) is 11.5 Å². The maximum atomic E-state index is 12.1. The van der Waals surface area contributed by atoms with Crippen molar-refractivity contribution in [3.8, 4) is 0 Å². The first-order valence-corrected chi connectivity index (χ1v) is 7.53. The quantitative estimate of drug-likeness (QED) is 0.811. The molecule has 2 rings (SSSR count). The van der Waals surface area contributed by atoms with Gasteiger partial charge in [0, 0.05) is 20.6 Å². The summed E-state index contributed by atoms with van der Waals surface area (Å²) in [5, 5.41) is 11.7. The molecule has 0 spiro atoms. The van der Waals surface area contributed by atoms with E-state index in [9.17, 15) is 9.59 Å². The first-order valence-electron chi connectivity index (χ1n) is 5.94. The van der Waals surface area contributed by atoms with Crippen LogP contribution in [0.5, 0.6) is 0 Å². The van der Waals surface area contributed by atoms with E-state index in [2.05, 4.69) is 37.2 Å². The molecule has 0 aliphatic heterocycles. The van der Waals surface area contributed by atoms with Gasteiger partial charge in [-0.05, 0) is 37.0 Å². The van der Waals surface area contributed by atoms with Crippen LogP contribution < -0.4 is 5.32 Å². The minimum atomic E-state index is -0.882. The monoisotopic (exact) mass is 389 g/mol. The number of carbonyl (C=O) groups excluding carboxylic acids is 1. The Morgan fingerprint density at radius 2 is 1.84 bits per heavy atom. The van der Waals surface area contributed by atoms with Crippen LogP contribution in [0, 0.1) is 5.92 Å². The highest BCUT2D eigenvalue weighted by atomic mass is 79.9. The van der Waals surface area contributed by atoms with Crippen LogP contribution in [0.1, 0.15) is 29.6 Å². The molecule has 1 unspecified atom stereocenters. The van der Waals surface area contributed by atoms with Crippen LogP contribution in [-0.4, -0.2) is 23.0 Å². The summed E-state index contributed by atoms with van der Waals surface area (Å²) >= 11 is 6.65. The Morgan fingerprint density at radius 3 is 2.32 bits per heavy atom. The summed E-state index contributed by atoms with van der Waals surface area (Å²) in [4.78, 5) is 22.9. The number of aliphatic carboxylic acids is 1. The highest BCUT2D eigenvalue weighted by molar-refractivity contribution is 9.11. The second-order valence-electron chi connectivity index (χ2n) is 4.67. The van der Waals surface area contributed by atoms with Crippen LogP contribution in [-0.2, 0) is 4.79 Å². The molecule has 0 bridgehead atoms. The molecule has 1 fully saturated rings. The van der Waals surface area contributed by atoms with Crippen LogP contribution in [0.4, 0.5) is 0 Å². The third-order valence-corrected chi connectivity index (χ3v) is 3.94. The number of benzene rings is 1. The van der Waals surface area contributed by atoms with E-state index in [1.54, 1.807) is 12.1 Å². The Morgan fingerprint density at radius 1 is 1.26 bits per heavy atom. The zero-order valence-corrected chi connectivity index (χ0v) is 13.2. The highest BCUT2D eigenvalue weighted by Crippen LogP contribution is 2.34. The molecule has 1 amide bonds. The number of hydrogen-bond acceptors (Lipinski definition) is 2. The smallest absolute Gasteiger partial charge is 0.305 e. The van der Waals surface area contributed by atoms with Gasteiger partial charge in [0.15, 0.2) is 0 Å². The van der Waals surface area contributed by atoms with Gasteiger partial charge in [-0.1, -0.05) is 31.9 Å². The minimum absolute atomic E-state index is 0.0222. The summed E-state index contributed by atoms with van der Waals surface area (Å²) in [6.45, 7) is 0. The van der Waals surface area contributed by atoms with Crippen LogP contribution in [0.3, 0.4) is 0 Å². The Hall–Kier alpha value is -0.880. The van der Waals surface area contributed by atoms with Gasteiger partial charge >= 0.3 is 5.97 Å². The maximum absolute atomic E-state index is 12.1. The zero-order chi connectivity index (χ0) is 14.0. The van der Waals surface area contributed by atoms with Gasteiger partial charge in [0.1, 0.15) is 0 Å². The second-order valence-corrected chi connectivity index (χ2v) is 6.50. The van der Waals surface area contributed by atoms with Crippen LogP contribution in [0.2, 0.25) is 0 Å². The van der Waals surface area contributed by atoms with E-state index in [4.69, 9.17) is 5.11 Å². The van der Waals surface area contributed by atoms with Gasteiger partial charge in [0.2, 0.25) is 0 Å². The van der Waals surface area contributed by atoms with Crippen molar-refractivity contribution in [2.75, 3.05) is 0 Å². The molecule has 0 aromatic heterocycles. The van der Waals surface area contributed by atoms with Crippen molar-refractivity contribution in [3.63, 3.8) is 0 Å². The minimum Gasteiger partial charge on any atom is -0.481 e. The van der Waals surface area contributed by atoms with E-state index < -0.39 is 5.97 Å².